The quantitative estimate of drug-likeness (QED) is 0.265. The lowest BCUT2D eigenvalue weighted by Crippen LogP contribution is -2.16. The van der Waals surface area contributed by atoms with Gasteiger partial charge in [0.1, 0.15) is 5.75 Å². The number of nitrogens with two attached hydrogens (primary N) is 1. The second-order valence-corrected chi connectivity index (χ2v) is 8.89. The monoisotopic (exact) mass is 458 g/mol. The van der Waals surface area contributed by atoms with Gasteiger partial charge < -0.3 is 15.0 Å². The molecule has 0 radical (unpaired) electrons. The molecule has 0 aliphatic heterocycles. The fraction of sp³-hybridized carbons (Fsp3) is 0.185. The lowest BCUT2D eigenvalue weighted by molar-refractivity contribution is 0.0913. The van der Waals surface area contributed by atoms with Gasteiger partial charge in [0.2, 0.25) is 5.78 Å². The molecule has 1 amide bonds. The molecular formula is C27H23ClN2O3. The predicted molar refractivity (Wildman–Crippen MR) is 131 cm³/mol. The molecule has 6 heteroatoms. The van der Waals surface area contributed by atoms with Crippen LogP contribution in [-0.2, 0) is 6.54 Å². The van der Waals surface area contributed by atoms with Crippen molar-refractivity contribution in [3.05, 3.63) is 89.1 Å². The zero-order chi connectivity index (χ0) is 23.1. The van der Waals surface area contributed by atoms with Crippen LogP contribution >= 0.6 is 11.6 Å². The van der Waals surface area contributed by atoms with E-state index < -0.39 is 5.91 Å². The van der Waals surface area contributed by atoms with E-state index in [0.29, 0.717) is 23.0 Å². The van der Waals surface area contributed by atoms with Crippen LogP contribution in [0.15, 0.2) is 67.4 Å². The molecule has 4 aromatic rings. The summed E-state index contributed by atoms with van der Waals surface area (Å²) in [6.45, 7) is 4.23. The van der Waals surface area contributed by atoms with E-state index in [0.717, 1.165) is 21.7 Å². The fourth-order valence-corrected chi connectivity index (χ4v) is 4.45. The first-order chi connectivity index (χ1) is 15.9. The standard InChI is InChI=1S/C27H23ClN2O3/c1-2-9-30-14-23(21-8-6-17(12-24(21)30)16-3-4-16)25(31)15-33-26-13-18-5-7-20(28)10-19(18)11-22(26)27(29)32/h2,5-8,10-14,16H,1,3-4,9,15H2,(H2,29,32). The van der Waals surface area contributed by atoms with Gasteiger partial charge in [0.25, 0.3) is 5.91 Å². The topological polar surface area (TPSA) is 74.3 Å². The number of fused-ring (bicyclic) bond motifs is 2. The Balaban J connectivity index is 1.46. The van der Waals surface area contributed by atoms with Crippen LogP contribution in [0, 0.1) is 0 Å². The summed E-state index contributed by atoms with van der Waals surface area (Å²) in [6, 6.07) is 15.0. The smallest absolute Gasteiger partial charge is 0.252 e. The summed E-state index contributed by atoms with van der Waals surface area (Å²) in [6.07, 6.45) is 6.10. The number of allylic oxidation sites excluding steroid dienone is 1. The number of nitrogens with zero attached hydrogens (tertiary/aromatic N) is 1. The number of primary amides is 1. The molecule has 33 heavy (non-hydrogen) atoms. The van der Waals surface area contributed by atoms with Crippen molar-refractivity contribution in [3.63, 3.8) is 0 Å². The molecule has 5 rings (SSSR count). The number of Topliss-reactive ketones (excluding diaryl/α,β-unsaturated/α-hetero) is 1. The van der Waals surface area contributed by atoms with Crippen molar-refractivity contribution in [2.75, 3.05) is 6.61 Å². The first kappa shape index (κ1) is 21.3. The van der Waals surface area contributed by atoms with E-state index >= 15 is 0 Å². The van der Waals surface area contributed by atoms with Crippen LogP contribution in [0.5, 0.6) is 5.75 Å². The maximum Gasteiger partial charge on any atom is 0.252 e. The molecule has 1 saturated carbocycles. The van der Waals surface area contributed by atoms with E-state index in [1.165, 1.54) is 18.4 Å². The van der Waals surface area contributed by atoms with Crippen molar-refractivity contribution in [1.29, 1.82) is 0 Å². The lowest BCUT2D eigenvalue weighted by Gasteiger charge is -2.11. The number of halogens is 1. The van der Waals surface area contributed by atoms with Gasteiger partial charge in [-0.05, 0) is 65.4 Å². The second-order valence-electron chi connectivity index (χ2n) is 8.45. The molecule has 1 heterocycles. The number of ketones is 1. The molecule has 0 unspecified atom stereocenters. The van der Waals surface area contributed by atoms with Crippen LogP contribution in [0.25, 0.3) is 21.7 Å². The minimum absolute atomic E-state index is 0.173. The van der Waals surface area contributed by atoms with Crippen molar-refractivity contribution in [2.24, 2.45) is 5.73 Å². The molecular weight excluding hydrogens is 436 g/mol. The minimum Gasteiger partial charge on any atom is -0.485 e. The summed E-state index contributed by atoms with van der Waals surface area (Å²) in [5.74, 6) is 0.0959. The molecule has 166 valence electrons. The molecule has 0 atom stereocenters. The van der Waals surface area contributed by atoms with Crippen LogP contribution < -0.4 is 10.5 Å². The molecule has 3 aromatic carbocycles. The highest BCUT2D eigenvalue weighted by molar-refractivity contribution is 6.31. The molecule has 1 fully saturated rings. The van der Waals surface area contributed by atoms with Gasteiger partial charge in [-0.1, -0.05) is 35.9 Å². The van der Waals surface area contributed by atoms with Gasteiger partial charge in [0, 0.05) is 34.2 Å². The molecule has 0 bridgehead atoms. The summed E-state index contributed by atoms with van der Waals surface area (Å²) in [4.78, 5) is 25.2. The Labute approximate surface area is 196 Å². The maximum atomic E-state index is 13.2. The van der Waals surface area contributed by atoms with Gasteiger partial charge in [0.15, 0.2) is 6.61 Å². The van der Waals surface area contributed by atoms with Crippen molar-refractivity contribution in [1.82, 2.24) is 4.57 Å². The van der Waals surface area contributed by atoms with Gasteiger partial charge in [-0.3, -0.25) is 9.59 Å². The SMILES string of the molecule is C=CCn1cc(C(=O)COc2cc3ccc(Cl)cc3cc2C(N)=O)c2ccc(C3CC3)cc21. The first-order valence-electron chi connectivity index (χ1n) is 10.9. The Morgan fingerprint density at radius 1 is 1.09 bits per heavy atom. The van der Waals surface area contributed by atoms with Gasteiger partial charge in [-0.25, -0.2) is 0 Å². The molecule has 1 aliphatic carbocycles. The molecule has 1 aromatic heterocycles. The highest BCUT2D eigenvalue weighted by Gasteiger charge is 2.25. The van der Waals surface area contributed by atoms with Crippen molar-refractivity contribution >= 4 is 45.0 Å². The van der Waals surface area contributed by atoms with Gasteiger partial charge in [-0.2, -0.15) is 0 Å². The normalized spacial score (nSPS) is 13.4. The molecule has 0 saturated heterocycles. The molecule has 1 aliphatic rings. The number of carbonyl (C=O) groups excluding carboxylic acids is 2. The highest BCUT2D eigenvalue weighted by atomic mass is 35.5. The van der Waals surface area contributed by atoms with Crippen LogP contribution in [-0.4, -0.2) is 22.9 Å². The molecule has 2 N–H and O–H groups in total. The Morgan fingerprint density at radius 2 is 1.91 bits per heavy atom. The van der Waals surface area contributed by atoms with Crippen LogP contribution in [0.3, 0.4) is 0 Å². The number of ether oxygens (including phenoxy) is 1. The van der Waals surface area contributed by atoms with Crippen molar-refractivity contribution in [3.8, 4) is 5.75 Å². The zero-order valence-electron chi connectivity index (χ0n) is 18.0. The second kappa shape index (κ2) is 8.41. The first-order valence-corrected chi connectivity index (χ1v) is 11.2. The summed E-state index contributed by atoms with van der Waals surface area (Å²) in [5, 5.41) is 3.05. The van der Waals surface area contributed by atoms with Crippen LogP contribution in [0.1, 0.15) is 45.0 Å². The van der Waals surface area contributed by atoms with Crippen LogP contribution in [0.4, 0.5) is 0 Å². The number of amides is 1. The molecule has 0 spiro atoms. The highest BCUT2D eigenvalue weighted by Crippen LogP contribution is 2.41. The average molecular weight is 459 g/mol. The number of rotatable bonds is 8. The number of benzene rings is 3. The third kappa shape index (κ3) is 4.12. The van der Waals surface area contributed by atoms with Crippen LogP contribution in [0.2, 0.25) is 5.02 Å². The Hall–Kier alpha value is -3.57. The van der Waals surface area contributed by atoms with Crippen molar-refractivity contribution < 1.29 is 14.3 Å². The third-order valence-electron chi connectivity index (χ3n) is 6.11. The lowest BCUT2D eigenvalue weighted by atomic mass is 10.0. The van der Waals surface area contributed by atoms with Gasteiger partial charge in [0.05, 0.1) is 5.56 Å². The van der Waals surface area contributed by atoms with Gasteiger partial charge >= 0.3 is 0 Å². The average Bonchev–Trinajstić information content (AvgIpc) is 3.59. The number of aromatic nitrogens is 1. The molecule has 5 nitrogen and oxygen atoms in total. The third-order valence-corrected chi connectivity index (χ3v) is 6.34. The van der Waals surface area contributed by atoms with E-state index in [9.17, 15) is 9.59 Å². The number of hydrogen-bond acceptors (Lipinski definition) is 3. The summed E-state index contributed by atoms with van der Waals surface area (Å²) in [7, 11) is 0. The summed E-state index contributed by atoms with van der Waals surface area (Å²) in [5.41, 5.74) is 8.69. The number of carbonyl (C=O) groups is 2. The Morgan fingerprint density at radius 3 is 2.64 bits per heavy atom. The van der Waals surface area contributed by atoms with E-state index in [4.69, 9.17) is 22.1 Å². The zero-order valence-corrected chi connectivity index (χ0v) is 18.8. The fourth-order valence-electron chi connectivity index (χ4n) is 4.27. The largest absolute Gasteiger partial charge is 0.485 e. The Bertz CT molecular complexity index is 1430. The summed E-state index contributed by atoms with van der Waals surface area (Å²) >= 11 is 6.06. The predicted octanol–water partition coefficient (Wildman–Crippen LogP) is 5.87. The van der Waals surface area contributed by atoms with E-state index in [1.54, 1.807) is 24.3 Å². The Kier molecular flexibility index (Phi) is 5.43. The van der Waals surface area contributed by atoms with Gasteiger partial charge in [-0.15, -0.1) is 6.58 Å². The minimum atomic E-state index is -0.630. The van der Waals surface area contributed by atoms with Crippen molar-refractivity contribution in [2.45, 2.75) is 25.3 Å². The van der Waals surface area contributed by atoms with E-state index in [2.05, 4.69) is 18.7 Å². The van der Waals surface area contributed by atoms with E-state index in [1.807, 2.05) is 29.0 Å². The number of hydrogen-bond donors (Lipinski definition) is 1. The summed E-state index contributed by atoms with van der Waals surface area (Å²) < 4.78 is 7.87. The van der Waals surface area contributed by atoms with E-state index in [-0.39, 0.29) is 23.7 Å². The maximum absolute atomic E-state index is 13.2.